The van der Waals surface area contributed by atoms with E-state index in [-0.39, 0.29) is 18.1 Å². The van der Waals surface area contributed by atoms with E-state index in [2.05, 4.69) is 96.1 Å². The van der Waals surface area contributed by atoms with Gasteiger partial charge in [0.2, 0.25) is 0 Å². The molecule has 3 heterocycles. The molecule has 2 aliphatic heterocycles. The molecular weight excluding hydrogens is 434 g/mol. The number of aromatic nitrogens is 2. The number of hydrogen-bond acceptors (Lipinski definition) is 6. The van der Waals surface area contributed by atoms with Gasteiger partial charge in [0.1, 0.15) is 11.6 Å². The van der Waals surface area contributed by atoms with Gasteiger partial charge in [-0.1, -0.05) is 63.2 Å². The highest BCUT2D eigenvalue weighted by Gasteiger charge is 2.27. The van der Waals surface area contributed by atoms with Crippen LogP contribution in [0.2, 0.25) is 0 Å². The number of aliphatic hydroxyl groups is 1. The molecule has 1 atom stereocenters. The number of aliphatic hydroxyl groups excluding tert-OH is 1. The number of hydrogen-bond donors (Lipinski definition) is 1. The Morgan fingerprint density at radius 2 is 1.49 bits per heavy atom. The van der Waals surface area contributed by atoms with Crippen molar-refractivity contribution in [3.8, 4) is 11.4 Å². The van der Waals surface area contributed by atoms with Crippen LogP contribution in [0.5, 0.6) is 0 Å². The van der Waals surface area contributed by atoms with Crippen LogP contribution in [0.4, 0.5) is 17.3 Å². The fraction of sp³-hybridized carbons (Fsp3) is 0.448. The van der Waals surface area contributed by atoms with Crippen LogP contribution in [-0.4, -0.2) is 60.4 Å². The van der Waals surface area contributed by atoms with Gasteiger partial charge in [0.15, 0.2) is 5.82 Å². The highest BCUT2D eigenvalue weighted by atomic mass is 16.3. The normalized spacial score (nSPS) is 18.9. The highest BCUT2D eigenvalue weighted by molar-refractivity contribution is 5.64. The van der Waals surface area contributed by atoms with Gasteiger partial charge in [0, 0.05) is 50.0 Å². The Bertz CT molecular complexity index is 1120. The molecule has 0 radical (unpaired) electrons. The van der Waals surface area contributed by atoms with Crippen molar-refractivity contribution in [1.82, 2.24) is 9.97 Å². The maximum absolute atomic E-state index is 9.95. The Morgan fingerprint density at radius 3 is 2.14 bits per heavy atom. The summed E-state index contributed by atoms with van der Waals surface area (Å²) >= 11 is 0. The molecule has 6 heteroatoms. The average molecular weight is 472 g/mol. The summed E-state index contributed by atoms with van der Waals surface area (Å²) < 4.78 is 0. The van der Waals surface area contributed by atoms with Crippen LogP contribution < -0.4 is 14.7 Å². The van der Waals surface area contributed by atoms with Gasteiger partial charge in [-0.05, 0) is 36.0 Å². The summed E-state index contributed by atoms with van der Waals surface area (Å²) in [5.74, 6) is 2.65. The van der Waals surface area contributed by atoms with Crippen molar-refractivity contribution in [2.45, 2.75) is 45.1 Å². The summed E-state index contributed by atoms with van der Waals surface area (Å²) in [4.78, 5) is 17.1. The zero-order chi connectivity index (χ0) is 24.4. The molecule has 184 valence electrons. The molecule has 0 aliphatic carbocycles. The second kappa shape index (κ2) is 9.86. The standard InChI is InChI=1S/C29H37N5O/c1-29(2,3)23-13-11-22(12-14-23)28-30-26(20-27(31-28)34-15-7-10-25(34)21-35)33-18-16-32(17-19-33)24-8-5-4-6-9-24/h4-6,8-9,11-14,20,25,35H,7,10,15-19,21H2,1-3H3. The molecule has 1 unspecified atom stereocenters. The number of para-hydroxylation sites is 1. The predicted molar refractivity (Wildman–Crippen MR) is 144 cm³/mol. The lowest BCUT2D eigenvalue weighted by Gasteiger charge is -2.37. The van der Waals surface area contributed by atoms with Crippen LogP contribution in [-0.2, 0) is 5.41 Å². The molecule has 6 nitrogen and oxygen atoms in total. The third kappa shape index (κ3) is 5.13. The molecule has 0 saturated carbocycles. The molecule has 35 heavy (non-hydrogen) atoms. The molecule has 2 saturated heterocycles. The molecule has 2 aliphatic rings. The van der Waals surface area contributed by atoms with Gasteiger partial charge < -0.3 is 19.8 Å². The lowest BCUT2D eigenvalue weighted by atomic mass is 9.87. The number of nitrogens with zero attached hydrogens (tertiary/aromatic N) is 5. The van der Waals surface area contributed by atoms with Crippen molar-refractivity contribution < 1.29 is 5.11 Å². The largest absolute Gasteiger partial charge is 0.394 e. The monoisotopic (exact) mass is 471 g/mol. The zero-order valence-corrected chi connectivity index (χ0v) is 21.2. The Morgan fingerprint density at radius 1 is 0.829 bits per heavy atom. The minimum Gasteiger partial charge on any atom is -0.394 e. The van der Waals surface area contributed by atoms with Crippen molar-refractivity contribution in [2.75, 3.05) is 54.0 Å². The summed E-state index contributed by atoms with van der Waals surface area (Å²) in [5.41, 5.74) is 3.71. The van der Waals surface area contributed by atoms with E-state index in [1.54, 1.807) is 0 Å². The van der Waals surface area contributed by atoms with E-state index in [0.717, 1.165) is 68.6 Å². The fourth-order valence-corrected chi connectivity index (χ4v) is 5.14. The van der Waals surface area contributed by atoms with Crippen LogP contribution in [0.15, 0.2) is 60.7 Å². The Kier molecular flexibility index (Phi) is 6.65. The van der Waals surface area contributed by atoms with Crippen molar-refractivity contribution in [3.63, 3.8) is 0 Å². The zero-order valence-electron chi connectivity index (χ0n) is 21.2. The number of piperazine rings is 1. The van der Waals surface area contributed by atoms with E-state index in [9.17, 15) is 5.11 Å². The van der Waals surface area contributed by atoms with E-state index in [1.165, 1.54) is 11.3 Å². The molecule has 2 aromatic carbocycles. The van der Waals surface area contributed by atoms with Crippen LogP contribution in [0.1, 0.15) is 39.2 Å². The van der Waals surface area contributed by atoms with Gasteiger partial charge in [-0.3, -0.25) is 0 Å². The van der Waals surface area contributed by atoms with Crippen molar-refractivity contribution in [1.29, 1.82) is 0 Å². The van der Waals surface area contributed by atoms with E-state index in [4.69, 9.17) is 9.97 Å². The first-order valence-corrected chi connectivity index (χ1v) is 12.8. The third-order valence-corrected chi connectivity index (χ3v) is 7.32. The summed E-state index contributed by atoms with van der Waals surface area (Å²) in [6.07, 6.45) is 2.08. The first kappa shape index (κ1) is 23.6. The van der Waals surface area contributed by atoms with Gasteiger partial charge in [0.05, 0.1) is 12.6 Å². The minimum absolute atomic E-state index is 0.106. The fourth-order valence-electron chi connectivity index (χ4n) is 5.14. The Balaban J connectivity index is 1.45. The quantitative estimate of drug-likeness (QED) is 0.581. The van der Waals surface area contributed by atoms with Gasteiger partial charge >= 0.3 is 0 Å². The van der Waals surface area contributed by atoms with Crippen LogP contribution in [0.25, 0.3) is 11.4 Å². The smallest absolute Gasteiger partial charge is 0.163 e. The first-order chi connectivity index (χ1) is 16.9. The van der Waals surface area contributed by atoms with Gasteiger partial charge in [-0.2, -0.15) is 0 Å². The highest BCUT2D eigenvalue weighted by Crippen LogP contribution is 2.31. The molecule has 3 aromatic rings. The van der Waals surface area contributed by atoms with Crippen LogP contribution in [0.3, 0.4) is 0 Å². The number of benzene rings is 2. The molecular formula is C29H37N5O. The molecule has 1 aromatic heterocycles. The minimum atomic E-state index is 0.106. The summed E-state index contributed by atoms with van der Waals surface area (Å²) in [6, 6.07) is 21.5. The van der Waals surface area contributed by atoms with Crippen molar-refractivity contribution in [3.05, 3.63) is 66.2 Å². The molecule has 5 rings (SSSR count). The van der Waals surface area contributed by atoms with Crippen molar-refractivity contribution >= 4 is 17.3 Å². The SMILES string of the molecule is CC(C)(C)c1ccc(-c2nc(N3CCN(c4ccccc4)CC3)cc(N3CCCC3CO)n2)cc1. The van der Waals surface area contributed by atoms with Crippen molar-refractivity contribution in [2.24, 2.45) is 0 Å². The molecule has 2 fully saturated rings. The molecule has 0 amide bonds. The Labute approximate surface area is 209 Å². The molecule has 0 bridgehead atoms. The Hall–Kier alpha value is -3.12. The second-order valence-electron chi connectivity index (χ2n) is 10.7. The summed E-state index contributed by atoms with van der Waals surface area (Å²) in [5, 5.41) is 9.95. The summed E-state index contributed by atoms with van der Waals surface area (Å²) in [6.45, 7) is 11.5. The number of rotatable bonds is 5. The van der Waals surface area contributed by atoms with Crippen LogP contribution in [0, 0.1) is 0 Å². The maximum Gasteiger partial charge on any atom is 0.163 e. The van der Waals surface area contributed by atoms with E-state index in [0.29, 0.717) is 0 Å². The van der Waals surface area contributed by atoms with Gasteiger partial charge in [0.25, 0.3) is 0 Å². The first-order valence-electron chi connectivity index (χ1n) is 12.8. The lowest BCUT2D eigenvalue weighted by Crippen LogP contribution is -2.47. The summed E-state index contributed by atoms with van der Waals surface area (Å²) in [7, 11) is 0. The lowest BCUT2D eigenvalue weighted by molar-refractivity contribution is 0.266. The topological polar surface area (TPSA) is 55.7 Å². The van der Waals surface area contributed by atoms with E-state index in [1.807, 2.05) is 0 Å². The molecule has 0 spiro atoms. The molecule has 1 N–H and O–H groups in total. The van der Waals surface area contributed by atoms with E-state index < -0.39 is 0 Å². The van der Waals surface area contributed by atoms with Gasteiger partial charge in [-0.15, -0.1) is 0 Å². The third-order valence-electron chi connectivity index (χ3n) is 7.32. The second-order valence-corrected chi connectivity index (χ2v) is 10.7. The predicted octanol–water partition coefficient (Wildman–Crippen LogP) is 4.73. The maximum atomic E-state index is 9.95. The van der Waals surface area contributed by atoms with Crippen LogP contribution >= 0.6 is 0 Å². The van der Waals surface area contributed by atoms with E-state index >= 15 is 0 Å². The van der Waals surface area contributed by atoms with Gasteiger partial charge in [-0.25, -0.2) is 9.97 Å². The number of anilines is 3. The average Bonchev–Trinajstić information content (AvgIpc) is 3.38.